The molecule has 0 N–H and O–H groups in total. The Hall–Kier alpha value is -1.65. The van der Waals surface area contributed by atoms with E-state index >= 15 is 0 Å². The number of rotatable bonds is 1. The van der Waals surface area contributed by atoms with Gasteiger partial charge in [0.15, 0.2) is 5.82 Å². The zero-order valence-electron chi connectivity index (χ0n) is 10.1. The molecule has 1 aromatic rings. The highest BCUT2D eigenvalue weighted by molar-refractivity contribution is 6.22. The third-order valence-electron chi connectivity index (χ3n) is 4.77. The number of amides is 2. The molecule has 0 unspecified atom stereocenters. The van der Waals surface area contributed by atoms with Crippen LogP contribution in [0.4, 0.5) is 5.82 Å². The minimum absolute atomic E-state index is 0.0644. The van der Waals surface area contributed by atoms with Gasteiger partial charge in [-0.25, -0.2) is 4.90 Å². The molecular formula is C13H14N2O3. The van der Waals surface area contributed by atoms with E-state index in [2.05, 4.69) is 5.16 Å². The molecule has 2 bridgehead atoms. The standard InChI is InChI=1S/C13H14N2O3/c1-6-4-9(14-18-6)15-12(16)10-7-2-3-8(5-7)11(10)13(15)17/h4,7-8,10-11H,2-3,5H2,1H3/t7-,8+,10-,11-/m0/s1. The van der Waals surface area contributed by atoms with Gasteiger partial charge in [-0.3, -0.25) is 9.59 Å². The molecule has 94 valence electrons. The van der Waals surface area contributed by atoms with Crippen LogP contribution in [0.2, 0.25) is 0 Å². The summed E-state index contributed by atoms with van der Waals surface area (Å²) in [7, 11) is 0. The number of imide groups is 1. The molecule has 0 radical (unpaired) electrons. The van der Waals surface area contributed by atoms with Gasteiger partial charge in [0.05, 0.1) is 11.8 Å². The number of carbonyl (C=O) groups excluding carboxylic acids is 2. The molecule has 18 heavy (non-hydrogen) atoms. The molecule has 2 heterocycles. The molecule has 1 aliphatic heterocycles. The third kappa shape index (κ3) is 1.09. The Kier molecular flexibility index (Phi) is 1.84. The van der Waals surface area contributed by atoms with E-state index in [1.807, 2.05) is 0 Å². The summed E-state index contributed by atoms with van der Waals surface area (Å²) in [4.78, 5) is 26.1. The molecule has 0 aromatic carbocycles. The Labute approximate surface area is 104 Å². The van der Waals surface area contributed by atoms with E-state index in [9.17, 15) is 9.59 Å². The van der Waals surface area contributed by atoms with Crippen LogP contribution in [0.5, 0.6) is 0 Å². The van der Waals surface area contributed by atoms with Gasteiger partial charge < -0.3 is 4.52 Å². The first-order valence-corrected chi connectivity index (χ1v) is 6.48. The summed E-state index contributed by atoms with van der Waals surface area (Å²) in [5, 5.41) is 3.81. The van der Waals surface area contributed by atoms with Gasteiger partial charge in [0.2, 0.25) is 11.8 Å². The van der Waals surface area contributed by atoms with Crippen molar-refractivity contribution in [2.24, 2.45) is 23.7 Å². The van der Waals surface area contributed by atoms with Gasteiger partial charge in [-0.05, 0) is 38.0 Å². The lowest BCUT2D eigenvalue weighted by Crippen LogP contribution is -2.32. The van der Waals surface area contributed by atoms with Gasteiger partial charge in [-0.15, -0.1) is 0 Å². The molecule has 1 aromatic heterocycles. The molecular weight excluding hydrogens is 232 g/mol. The first-order chi connectivity index (χ1) is 8.66. The Morgan fingerprint density at radius 2 is 1.83 bits per heavy atom. The Balaban J connectivity index is 1.75. The maximum atomic E-state index is 12.4. The summed E-state index contributed by atoms with van der Waals surface area (Å²) in [6.45, 7) is 1.76. The van der Waals surface area contributed by atoms with Crippen LogP contribution in [-0.2, 0) is 9.59 Å². The van der Waals surface area contributed by atoms with E-state index < -0.39 is 0 Å². The SMILES string of the molecule is Cc1cc(N2C(=O)[C@H]3[C@@H]4CC[C@@H](C4)[C@@H]3C2=O)no1. The molecule has 1 saturated heterocycles. The fourth-order valence-corrected chi connectivity index (χ4v) is 4.09. The zero-order chi connectivity index (χ0) is 12.4. The van der Waals surface area contributed by atoms with Crippen molar-refractivity contribution < 1.29 is 14.1 Å². The third-order valence-corrected chi connectivity index (χ3v) is 4.77. The number of fused-ring (bicyclic) bond motifs is 5. The van der Waals surface area contributed by atoms with Gasteiger partial charge in [-0.2, -0.15) is 0 Å². The van der Waals surface area contributed by atoms with Gasteiger partial charge in [0.25, 0.3) is 0 Å². The lowest BCUT2D eigenvalue weighted by molar-refractivity contribution is -0.123. The monoisotopic (exact) mass is 246 g/mol. The molecule has 5 heteroatoms. The minimum atomic E-state index is -0.0896. The highest BCUT2D eigenvalue weighted by Crippen LogP contribution is 2.56. The lowest BCUT2D eigenvalue weighted by atomic mass is 9.81. The molecule has 5 nitrogen and oxygen atoms in total. The van der Waals surface area contributed by atoms with Crippen LogP contribution in [0.25, 0.3) is 0 Å². The average molecular weight is 246 g/mol. The largest absolute Gasteiger partial charge is 0.360 e. The van der Waals surface area contributed by atoms with Crippen molar-refractivity contribution in [3.8, 4) is 0 Å². The molecule has 3 fully saturated rings. The zero-order valence-corrected chi connectivity index (χ0v) is 10.1. The minimum Gasteiger partial charge on any atom is -0.360 e. The molecule has 4 rings (SSSR count). The number of hydrogen-bond acceptors (Lipinski definition) is 4. The van der Waals surface area contributed by atoms with E-state index in [0.29, 0.717) is 23.4 Å². The smallest absolute Gasteiger partial charge is 0.239 e. The van der Waals surface area contributed by atoms with Crippen molar-refractivity contribution >= 4 is 17.6 Å². The number of nitrogens with zero attached hydrogens (tertiary/aromatic N) is 2. The van der Waals surface area contributed by atoms with E-state index in [1.54, 1.807) is 13.0 Å². The van der Waals surface area contributed by atoms with Crippen LogP contribution in [0.1, 0.15) is 25.0 Å². The summed E-state index contributed by atoms with van der Waals surface area (Å²) >= 11 is 0. The summed E-state index contributed by atoms with van der Waals surface area (Å²) in [6.07, 6.45) is 3.24. The summed E-state index contributed by atoms with van der Waals surface area (Å²) in [5.74, 6) is 1.49. The van der Waals surface area contributed by atoms with Crippen LogP contribution < -0.4 is 4.90 Å². The molecule has 2 aliphatic carbocycles. The van der Waals surface area contributed by atoms with Crippen LogP contribution >= 0.6 is 0 Å². The van der Waals surface area contributed by atoms with Crippen LogP contribution in [0.15, 0.2) is 10.6 Å². The van der Waals surface area contributed by atoms with Crippen molar-refractivity contribution in [2.75, 3.05) is 4.90 Å². The van der Waals surface area contributed by atoms with Gasteiger partial charge in [0, 0.05) is 6.07 Å². The second-order valence-corrected chi connectivity index (χ2v) is 5.69. The molecule has 2 saturated carbocycles. The van der Waals surface area contributed by atoms with Crippen molar-refractivity contribution in [3.05, 3.63) is 11.8 Å². The van der Waals surface area contributed by atoms with Gasteiger partial charge in [-0.1, -0.05) is 5.16 Å². The molecule has 4 atom stereocenters. The number of hydrogen-bond donors (Lipinski definition) is 0. The normalized spacial score (nSPS) is 37.7. The molecule has 0 spiro atoms. The van der Waals surface area contributed by atoms with E-state index in [4.69, 9.17) is 4.52 Å². The maximum absolute atomic E-state index is 12.4. The average Bonchev–Trinajstić information content (AvgIpc) is 3.05. The predicted octanol–water partition coefficient (Wildman–Crippen LogP) is 1.52. The predicted molar refractivity (Wildman–Crippen MR) is 61.5 cm³/mol. The fraction of sp³-hybridized carbons (Fsp3) is 0.615. The highest BCUT2D eigenvalue weighted by atomic mass is 16.5. The van der Waals surface area contributed by atoms with Crippen molar-refractivity contribution in [1.82, 2.24) is 5.16 Å². The van der Waals surface area contributed by atoms with Crippen LogP contribution in [0, 0.1) is 30.6 Å². The van der Waals surface area contributed by atoms with Crippen LogP contribution in [-0.4, -0.2) is 17.0 Å². The number of carbonyl (C=O) groups is 2. The number of anilines is 1. The number of aromatic nitrogens is 1. The highest BCUT2D eigenvalue weighted by Gasteiger charge is 2.61. The van der Waals surface area contributed by atoms with Crippen molar-refractivity contribution in [2.45, 2.75) is 26.2 Å². The molecule has 2 amide bonds. The summed E-state index contributed by atoms with van der Waals surface area (Å²) in [6, 6.07) is 1.65. The Morgan fingerprint density at radius 3 is 2.33 bits per heavy atom. The van der Waals surface area contributed by atoms with E-state index in [1.165, 1.54) is 4.90 Å². The first-order valence-electron chi connectivity index (χ1n) is 6.48. The quantitative estimate of drug-likeness (QED) is 0.705. The number of aryl methyl sites for hydroxylation is 1. The summed E-state index contributed by atoms with van der Waals surface area (Å²) < 4.78 is 4.97. The van der Waals surface area contributed by atoms with E-state index in [-0.39, 0.29) is 23.7 Å². The fourth-order valence-electron chi connectivity index (χ4n) is 4.09. The van der Waals surface area contributed by atoms with Gasteiger partial charge in [0.1, 0.15) is 5.76 Å². The first kappa shape index (κ1) is 10.3. The van der Waals surface area contributed by atoms with E-state index in [0.717, 1.165) is 19.3 Å². The van der Waals surface area contributed by atoms with Crippen molar-refractivity contribution in [3.63, 3.8) is 0 Å². The lowest BCUT2D eigenvalue weighted by Gasteiger charge is -2.19. The van der Waals surface area contributed by atoms with Crippen molar-refractivity contribution in [1.29, 1.82) is 0 Å². The second-order valence-electron chi connectivity index (χ2n) is 5.69. The second kappa shape index (κ2) is 3.22. The Bertz CT molecular complexity index is 522. The topological polar surface area (TPSA) is 63.4 Å². The summed E-state index contributed by atoms with van der Waals surface area (Å²) in [5.41, 5.74) is 0. The van der Waals surface area contributed by atoms with Crippen LogP contribution in [0.3, 0.4) is 0 Å². The molecule has 3 aliphatic rings. The maximum Gasteiger partial charge on any atom is 0.239 e. The van der Waals surface area contributed by atoms with Gasteiger partial charge >= 0.3 is 0 Å². The Morgan fingerprint density at radius 1 is 1.22 bits per heavy atom.